The molecule has 0 aromatic heterocycles. The summed E-state index contributed by atoms with van der Waals surface area (Å²) in [6.07, 6.45) is -5.26. The van der Waals surface area contributed by atoms with Crippen molar-refractivity contribution in [3.8, 4) is 22.6 Å². The van der Waals surface area contributed by atoms with Gasteiger partial charge in [-0.15, -0.1) is 13.2 Å². The van der Waals surface area contributed by atoms with Crippen LogP contribution in [0.5, 0.6) is 11.5 Å². The van der Waals surface area contributed by atoms with Crippen molar-refractivity contribution in [3.05, 3.63) is 42.5 Å². The SMILES string of the molecule is CC(C)(C)OC(=O)N1CC(COc2cc(-c3ccc(N)cc3)ccc2OC(F)(F)F)C1. The summed E-state index contributed by atoms with van der Waals surface area (Å²) in [5, 5.41) is 0. The van der Waals surface area contributed by atoms with Gasteiger partial charge in [0.2, 0.25) is 0 Å². The highest BCUT2D eigenvalue weighted by molar-refractivity contribution is 5.69. The van der Waals surface area contributed by atoms with Gasteiger partial charge in [0.1, 0.15) is 5.60 Å². The highest BCUT2D eigenvalue weighted by atomic mass is 19.4. The minimum atomic E-state index is -4.84. The number of ether oxygens (including phenoxy) is 3. The van der Waals surface area contributed by atoms with E-state index < -0.39 is 23.8 Å². The van der Waals surface area contributed by atoms with E-state index in [0.29, 0.717) is 24.3 Å². The quantitative estimate of drug-likeness (QED) is 0.659. The van der Waals surface area contributed by atoms with Crippen molar-refractivity contribution < 1.29 is 32.2 Å². The lowest BCUT2D eigenvalue weighted by atomic mass is 10.0. The molecule has 1 saturated heterocycles. The van der Waals surface area contributed by atoms with Crippen LogP contribution in [0.4, 0.5) is 23.7 Å². The molecule has 0 bridgehead atoms. The Morgan fingerprint density at radius 2 is 1.65 bits per heavy atom. The van der Waals surface area contributed by atoms with E-state index >= 15 is 0 Å². The average molecular weight is 438 g/mol. The molecule has 0 saturated carbocycles. The monoisotopic (exact) mass is 438 g/mol. The molecule has 31 heavy (non-hydrogen) atoms. The van der Waals surface area contributed by atoms with Crippen LogP contribution in [0, 0.1) is 5.92 Å². The Morgan fingerprint density at radius 3 is 2.23 bits per heavy atom. The number of rotatable bonds is 5. The molecule has 3 rings (SSSR count). The molecule has 0 aliphatic carbocycles. The molecule has 2 N–H and O–H groups in total. The van der Waals surface area contributed by atoms with Crippen LogP contribution in [-0.4, -0.2) is 42.7 Å². The number of alkyl halides is 3. The standard InChI is InChI=1S/C22H25F3N2O4/c1-21(2,3)31-20(28)27-11-14(12-27)13-29-19-10-16(15-4-7-17(26)8-5-15)6-9-18(19)30-22(23,24)25/h4-10,14H,11-13,26H2,1-3H3. The number of likely N-dealkylation sites (tertiary alicyclic amines) is 1. The van der Waals surface area contributed by atoms with Gasteiger partial charge < -0.3 is 24.8 Å². The Morgan fingerprint density at radius 1 is 1.03 bits per heavy atom. The van der Waals surface area contributed by atoms with Crippen LogP contribution in [0.1, 0.15) is 20.8 Å². The van der Waals surface area contributed by atoms with Crippen molar-refractivity contribution in [1.29, 1.82) is 0 Å². The molecule has 1 aliphatic rings. The first kappa shape index (κ1) is 22.6. The number of hydrogen-bond acceptors (Lipinski definition) is 5. The largest absolute Gasteiger partial charge is 0.573 e. The first-order valence-electron chi connectivity index (χ1n) is 9.76. The van der Waals surface area contributed by atoms with Gasteiger partial charge in [-0.1, -0.05) is 18.2 Å². The summed E-state index contributed by atoms with van der Waals surface area (Å²) >= 11 is 0. The van der Waals surface area contributed by atoms with Crippen LogP contribution < -0.4 is 15.2 Å². The third kappa shape index (κ3) is 6.44. The molecular formula is C22H25F3N2O4. The van der Waals surface area contributed by atoms with Crippen LogP contribution in [-0.2, 0) is 4.74 Å². The second-order valence-corrected chi connectivity index (χ2v) is 8.39. The smallest absolute Gasteiger partial charge is 0.489 e. The van der Waals surface area contributed by atoms with E-state index in [1.54, 1.807) is 45.0 Å². The third-order valence-electron chi connectivity index (χ3n) is 4.50. The van der Waals surface area contributed by atoms with Crippen LogP contribution >= 0.6 is 0 Å². The third-order valence-corrected chi connectivity index (χ3v) is 4.50. The lowest BCUT2D eigenvalue weighted by molar-refractivity contribution is -0.275. The van der Waals surface area contributed by atoms with Gasteiger partial charge in [-0.05, 0) is 56.2 Å². The second kappa shape index (κ2) is 8.56. The number of anilines is 1. The van der Waals surface area contributed by atoms with Crippen LogP contribution in [0.2, 0.25) is 0 Å². The summed E-state index contributed by atoms with van der Waals surface area (Å²) in [6, 6.07) is 11.2. The van der Waals surface area contributed by atoms with E-state index in [4.69, 9.17) is 15.2 Å². The molecule has 1 aliphatic heterocycles. The molecule has 0 spiro atoms. The van der Waals surface area contributed by atoms with E-state index in [-0.39, 0.29) is 18.3 Å². The predicted octanol–water partition coefficient (Wildman–Crippen LogP) is 5.08. The first-order valence-corrected chi connectivity index (χ1v) is 9.76. The number of benzene rings is 2. The number of carbonyl (C=O) groups excluding carboxylic acids is 1. The summed E-state index contributed by atoms with van der Waals surface area (Å²) in [5.74, 6) is -0.469. The Hall–Kier alpha value is -3.10. The van der Waals surface area contributed by atoms with E-state index in [0.717, 1.165) is 5.56 Å². The van der Waals surface area contributed by atoms with Gasteiger partial charge in [0.15, 0.2) is 11.5 Å². The highest BCUT2D eigenvalue weighted by Crippen LogP contribution is 2.36. The van der Waals surface area contributed by atoms with Crippen LogP contribution in [0.15, 0.2) is 42.5 Å². The zero-order chi connectivity index (χ0) is 22.8. The predicted molar refractivity (Wildman–Crippen MR) is 110 cm³/mol. The maximum Gasteiger partial charge on any atom is 0.573 e. The molecular weight excluding hydrogens is 413 g/mol. The summed E-state index contributed by atoms with van der Waals surface area (Å²) < 4.78 is 53.5. The van der Waals surface area contributed by atoms with E-state index in [2.05, 4.69) is 4.74 Å². The number of nitrogens with zero attached hydrogens (tertiary/aromatic N) is 1. The van der Waals surface area contributed by atoms with E-state index in [1.165, 1.54) is 23.1 Å². The van der Waals surface area contributed by atoms with Crippen LogP contribution in [0.25, 0.3) is 11.1 Å². The molecule has 0 radical (unpaired) electrons. The summed E-state index contributed by atoms with van der Waals surface area (Å²) in [4.78, 5) is 13.5. The van der Waals surface area contributed by atoms with Crippen molar-refractivity contribution in [3.63, 3.8) is 0 Å². The minimum absolute atomic E-state index is 0.0218. The van der Waals surface area contributed by atoms with Gasteiger partial charge in [-0.3, -0.25) is 0 Å². The lowest BCUT2D eigenvalue weighted by Gasteiger charge is -2.39. The van der Waals surface area contributed by atoms with Crippen molar-refractivity contribution in [2.24, 2.45) is 5.92 Å². The molecule has 1 heterocycles. The number of carbonyl (C=O) groups is 1. The number of hydrogen-bond donors (Lipinski definition) is 1. The molecule has 0 unspecified atom stereocenters. The Balaban J connectivity index is 1.68. The molecule has 168 valence electrons. The molecule has 0 atom stereocenters. The van der Waals surface area contributed by atoms with E-state index in [9.17, 15) is 18.0 Å². The average Bonchev–Trinajstić information content (AvgIpc) is 2.59. The normalized spacial score (nSPS) is 14.7. The number of amides is 1. The molecule has 6 nitrogen and oxygen atoms in total. The van der Waals surface area contributed by atoms with Gasteiger partial charge in [-0.2, -0.15) is 0 Å². The van der Waals surface area contributed by atoms with E-state index in [1.807, 2.05) is 0 Å². The van der Waals surface area contributed by atoms with Gasteiger partial charge >= 0.3 is 12.5 Å². The molecule has 1 fully saturated rings. The van der Waals surface area contributed by atoms with Gasteiger partial charge in [0.05, 0.1) is 6.61 Å². The first-order chi connectivity index (χ1) is 14.4. The fourth-order valence-corrected chi connectivity index (χ4v) is 3.04. The zero-order valence-corrected chi connectivity index (χ0v) is 17.5. The zero-order valence-electron chi connectivity index (χ0n) is 17.5. The summed E-state index contributed by atoms with van der Waals surface area (Å²) in [6.45, 7) is 6.29. The van der Waals surface area contributed by atoms with Crippen molar-refractivity contribution in [2.75, 3.05) is 25.4 Å². The highest BCUT2D eigenvalue weighted by Gasteiger charge is 2.35. The summed E-state index contributed by atoms with van der Waals surface area (Å²) in [5.41, 5.74) is 7.11. The van der Waals surface area contributed by atoms with Gasteiger partial charge in [-0.25, -0.2) is 4.79 Å². The van der Waals surface area contributed by atoms with Crippen molar-refractivity contribution in [1.82, 2.24) is 4.90 Å². The Bertz CT molecular complexity index is 918. The fourth-order valence-electron chi connectivity index (χ4n) is 3.04. The minimum Gasteiger partial charge on any atom is -0.489 e. The van der Waals surface area contributed by atoms with Gasteiger partial charge in [0, 0.05) is 24.7 Å². The Labute approximate surface area is 178 Å². The fraction of sp³-hybridized carbons (Fsp3) is 0.409. The van der Waals surface area contributed by atoms with Crippen molar-refractivity contribution >= 4 is 11.8 Å². The molecule has 2 aromatic carbocycles. The topological polar surface area (TPSA) is 74.0 Å². The maximum atomic E-state index is 12.8. The number of nitrogen functional groups attached to an aromatic ring is 1. The summed E-state index contributed by atoms with van der Waals surface area (Å²) in [7, 11) is 0. The number of nitrogens with two attached hydrogens (primary N) is 1. The molecule has 9 heteroatoms. The number of halogens is 3. The molecule has 1 amide bonds. The molecule has 2 aromatic rings. The van der Waals surface area contributed by atoms with Gasteiger partial charge in [0.25, 0.3) is 0 Å². The van der Waals surface area contributed by atoms with Crippen molar-refractivity contribution in [2.45, 2.75) is 32.7 Å². The lowest BCUT2D eigenvalue weighted by Crippen LogP contribution is -2.53. The Kier molecular flexibility index (Phi) is 6.24. The maximum absolute atomic E-state index is 12.8. The van der Waals surface area contributed by atoms with Crippen LogP contribution in [0.3, 0.4) is 0 Å². The second-order valence-electron chi connectivity index (χ2n) is 8.39.